The fourth-order valence-corrected chi connectivity index (χ4v) is 1.76. The summed E-state index contributed by atoms with van der Waals surface area (Å²) in [6, 6.07) is 7.64. The summed E-state index contributed by atoms with van der Waals surface area (Å²) in [6.45, 7) is 0.679. The summed E-state index contributed by atoms with van der Waals surface area (Å²) < 4.78 is 0.796. The number of halogens is 1. The predicted molar refractivity (Wildman–Crippen MR) is 64.8 cm³/mol. The molecule has 5 heteroatoms. The minimum absolute atomic E-state index is 0.632. The van der Waals surface area contributed by atoms with Crippen LogP contribution < -0.4 is 5.32 Å². The van der Waals surface area contributed by atoms with Gasteiger partial charge in [0.05, 0.1) is 24.1 Å². The number of aromatic amines is 1. The molecule has 80 valence electrons. The van der Waals surface area contributed by atoms with Crippen LogP contribution in [0.3, 0.4) is 0 Å². The first-order valence-electron chi connectivity index (χ1n) is 4.70. The van der Waals surface area contributed by atoms with Crippen LogP contribution in [0, 0.1) is 11.3 Å². The zero-order valence-corrected chi connectivity index (χ0v) is 9.95. The van der Waals surface area contributed by atoms with E-state index in [2.05, 4.69) is 37.3 Å². The lowest BCUT2D eigenvalue weighted by Crippen LogP contribution is -1.99. The van der Waals surface area contributed by atoms with Gasteiger partial charge in [-0.1, -0.05) is 0 Å². The topological polar surface area (TPSA) is 64.5 Å². The van der Waals surface area contributed by atoms with Crippen molar-refractivity contribution < 1.29 is 0 Å². The molecule has 0 saturated heterocycles. The molecule has 0 aliphatic heterocycles. The molecular formula is C11H9BrN4. The van der Waals surface area contributed by atoms with E-state index in [0.29, 0.717) is 12.1 Å². The number of anilines is 1. The average molecular weight is 277 g/mol. The number of H-pyrrole nitrogens is 1. The van der Waals surface area contributed by atoms with Crippen LogP contribution >= 0.6 is 15.9 Å². The van der Waals surface area contributed by atoms with Crippen LogP contribution in [0.1, 0.15) is 11.3 Å². The number of aromatic nitrogens is 2. The molecule has 0 aliphatic carbocycles. The van der Waals surface area contributed by atoms with E-state index in [4.69, 9.17) is 5.26 Å². The Hall–Kier alpha value is -1.80. The maximum atomic E-state index is 8.78. The molecule has 0 spiro atoms. The van der Waals surface area contributed by atoms with Crippen molar-refractivity contribution in [1.29, 1.82) is 5.26 Å². The second-order valence-corrected chi connectivity index (χ2v) is 4.09. The van der Waals surface area contributed by atoms with Crippen molar-refractivity contribution >= 4 is 21.6 Å². The van der Waals surface area contributed by atoms with E-state index in [1.165, 1.54) is 0 Å². The molecule has 2 aromatic rings. The maximum Gasteiger partial charge on any atom is 0.100 e. The summed E-state index contributed by atoms with van der Waals surface area (Å²) in [6.07, 6.45) is 3.41. The normalized spacial score (nSPS) is 9.75. The van der Waals surface area contributed by atoms with Gasteiger partial charge in [0, 0.05) is 16.4 Å². The Morgan fingerprint density at radius 3 is 3.00 bits per heavy atom. The molecule has 0 bridgehead atoms. The summed E-state index contributed by atoms with van der Waals surface area (Å²) in [5.74, 6) is 0. The van der Waals surface area contributed by atoms with Gasteiger partial charge in [0.15, 0.2) is 0 Å². The second-order valence-electron chi connectivity index (χ2n) is 3.24. The molecule has 0 saturated carbocycles. The minimum Gasteiger partial charge on any atom is -0.379 e. The number of nitrogens with zero attached hydrogens (tertiary/aromatic N) is 2. The summed E-state index contributed by atoms with van der Waals surface area (Å²) in [5, 5.41) is 12.0. The van der Waals surface area contributed by atoms with Crippen LogP contribution in [0.5, 0.6) is 0 Å². The van der Waals surface area contributed by atoms with Gasteiger partial charge in [-0.05, 0) is 34.1 Å². The number of nitriles is 1. The Balaban J connectivity index is 2.06. The van der Waals surface area contributed by atoms with Crippen molar-refractivity contribution in [3.8, 4) is 6.07 Å². The molecule has 2 N–H and O–H groups in total. The lowest BCUT2D eigenvalue weighted by Gasteiger charge is -2.05. The predicted octanol–water partition coefficient (Wildman–Crippen LogP) is 2.66. The van der Waals surface area contributed by atoms with Gasteiger partial charge in [0.2, 0.25) is 0 Å². The summed E-state index contributed by atoms with van der Waals surface area (Å²) >= 11 is 3.34. The Bertz CT molecular complexity index is 513. The number of rotatable bonds is 3. The molecule has 0 unspecified atom stereocenters. The lowest BCUT2D eigenvalue weighted by molar-refractivity contribution is 1.07. The largest absolute Gasteiger partial charge is 0.379 e. The number of hydrogen-bond donors (Lipinski definition) is 2. The number of nitrogens with one attached hydrogen (secondary N) is 2. The van der Waals surface area contributed by atoms with E-state index >= 15 is 0 Å². The van der Waals surface area contributed by atoms with Gasteiger partial charge in [-0.15, -0.1) is 0 Å². The van der Waals surface area contributed by atoms with Crippen LogP contribution in [0.2, 0.25) is 0 Å². The van der Waals surface area contributed by atoms with E-state index in [-0.39, 0.29) is 0 Å². The summed E-state index contributed by atoms with van der Waals surface area (Å²) in [5.41, 5.74) is 2.60. The summed E-state index contributed by atoms with van der Waals surface area (Å²) in [7, 11) is 0. The third-order valence-electron chi connectivity index (χ3n) is 2.13. The van der Waals surface area contributed by atoms with E-state index in [9.17, 15) is 0 Å². The number of hydrogen-bond acceptors (Lipinski definition) is 3. The Morgan fingerprint density at radius 1 is 1.50 bits per heavy atom. The standard InChI is InChI=1S/C11H9BrN4/c12-11-3-9(2-1-8(11)4-13)15-6-10-5-14-7-16-10/h1-3,5,7,15H,6H2,(H,14,16). The first-order valence-corrected chi connectivity index (χ1v) is 5.49. The molecule has 1 heterocycles. The maximum absolute atomic E-state index is 8.78. The first kappa shape index (κ1) is 10.7. The van der Waals surface area contributed by atoms with Crippen LogP contribution in [0.15, 0.2) is 35.2 Å². The van der Waals surface area contributed by atoms with Crippen LogP contribution in [-0.4, -0.2) is 9.97 Å². The molecule has 2 rings (SSSR count). The molecule has 0 aliphatic rings. The fourth-order valence-electron chi connectivity index (χ4n) is 1.29. The van der Waals surface area contributed by atoms with Crippen LogP contribution in [-0.2, 0) is 6.54 Å². The fraction of sp³-hybridized carbons (Fsp3) is 0.0909. The Labute approximate surface area is 101 Å². The van der Waals surface area contributed by atoms with Gasteiger partial charge in [-0.3, -0.25) is 0 Å². The van der Waals surface area contributed by atoms with Crippen molar-refractivity contribution in [1.82, 2.24) is 9.97 Å². The SMILES string of the molecule is N#Cc1ccc(NCc2cnc[nH]2)cc1Br. The molecule has 0 atom stereocenters. The van der Waals surface area contributed by atoms with E-state index < -0.39 is 0 Å². The molecular weight excluding hydrogens is 268 g/mol. The van der Waals surface area contributed by atoms with Gasteiger partial charge in [0.25, 0.3) is 0 Å². The monoisotopic (exact) mass is 276 g/mol. The highest BCUT2D eigenvalue weighted by atomic mass is 79.9. The van der Waals surface area contributed by atoms with Gasteiger partial charge in [0.1, 0.15) is 6.07 Å². The van der Waals surface area contributed by atoms with Gasteiger partial charge >= 0.3 is 0 Å². The zero-order chi connectivity index (χ0) is 11.4. The van der Waals surface area contributed by atoms with E-state index in [1.54, 1.807) is 18.6 Å². The van der Waals surface area contributed by atoms with Gasteiger partial charge < -0.3 is 10.3 Å². The smallest absolute Gasteiger partial charge is 0.100 e. The minimum atomic E-state index is 0.632. The van der Waals surface area contributed by atoms with Gasteiger partial charge in [-0.2, -0.15) is 5.26 Å². The van der Waals surface area contributed by atoms with E-state index in [0.717, 1.165) is 15.9 Å². The molecule has 0 fully saturated rings. The average Bonchev–Trinajstić information content (AvgIpc) is 2.79. The highest BCUT2D eigenvalue weighted by molar-refractivity contribution is 9.10. The number of imidazole rings is 1. The summed E-state index contributed by atoms with van der Waals surface area (Å²) in [4.78, 5) is 6.94. The molecule has 4 nitrogen and oxygen atoms in total. The molecule has 1 aromatic carbocycles. The number of benzene rings is 1. The van der Waals surface area contributed by atoms with Crippen molar-refractivity contribution in [2.24, 2.45) is 0 Å². The van der Waals surface area contributed by atoms with Crippen molar-refractivity contribution in [2.45, 2.75) is 6.54 Å². The van der Waals surface area contributed by atoms with Gasteiger partial charge in [-0.25, -0.2) is 4.98 Å². The highest BCUT2D eigenvalue weighted by Crippen LogP contribution is 2.21. The molecule has 1 aromatic heterocycles. The lowest BCUT2D eigenvalue weighted by atomic mass is 10.2. The molecule has 0 amide bonds. The van der Waals surface area contributed by atoms with E-state index in [1.807, 2.05) is 12.1 Å². The van der Waals surface area contributed by atoms with Crippen LogP contribution in [0.25, 0.3) is 0 Å². The molecule has 0 radical (unpaired) electrons. The quantitative estimate of drug-likeness (QED) is 0.906. The van der Waals surface area contributed by atoms with Crippen molar-refractivity contribution in [2.75, 3.05) is 5.32 Å². The zero-order valence-electron chi connectivity index (χ0n) is 8.37. The molecule has 16 heavy (non-hydrogen) atoms. The highest BCUT2D eigenvalue weighted by Gasteiger charge is 2.00. The van der Waals surface area contributed by atoms with Crippen molar-refractivity contribution in [3.05, 3.63) is 46.5 Å². The Morgan fingerprint density at radius 2 is 2.38 bits per heavy atom. The van der Waals surface area contributed by atoms with Crippen molar-refractivity contribution in [3.63, 3.8) is 0 Å². The third-order valence-corrected chi connectivity index (χ3v) is 2.78. The Kier molecular flexibility index (Phi) is 3.22. The second kappa shape index (κ2) is 4.81. The third kappa shape index (κ3) is 2.41. The van der Waals surface area contributed by atoms with Crippen LogP contribution in [0.4, 0.5) is 5.69 Å². The first-order chi connectivity index (χ1) is 7.79.